The number of rotatable bonds is 0. The maximum atomic E-state index is 11.7. The highest BCUT2D eigenvalue weighted by Gasteiger charge is 2.13. The van der Waals surface area contributed by atoms with Gasteiger partial charge in [-0.25, -0.2) is 4.79 Å². The zero-order chi connectivity index (χ0) is 12.0. The van der Waals surface area contributed by atoms with Crippen LogP contribution in [0.25, 0.3) is 11.1 Å². The average molecular weight is 222 g/mol. The maximum Gasteiger partial charge on any atom is 0.333 e. The molecule has 0 atom stereocenters. The molecule has 2 aromatic rings. The molecule has 0 bridgehead atoms. The van der Waals surface area contributed by atoms with Crippen LogP contribution in [0.5, 0.6) is 0 Å². The van der Waals surface area contributed by atoms with E-state index >= 15 is 0 Å². The van der Waals surface area contributed by atoms with Crippen molar-refractivity contribution in [2.75, 3.05) is 0 Å². The highest BCUT2D eigenvalue weighted by atomic mass is 16.3. The minimum absolute atomic E-state index is 0.0121. The summed E-state index contributed by atoms with van der Waals surface area (Å²) < 4.78 is 7.27. The molecule has 0 unspecified atom stereocenters. The molecule has 0 radical (unpaired) electrons. The lowest BCUT2D eigenvalue weighted by molar-refractivity contribution is 0.521. The van der Waals surface area contributed by atoms with E-state index in [9.17, 15) is 14.4 Å². The van der Waals surface area contributed by atoms with Crippen molar-refractivity contribution in [1.29, 1.82) is 0 Å². The zero-order valence-corrected chi connectivity index (χ0v) is 9.10. The number of hydrogen-bond donors (Lipinski definition) is 0. The van der Waals surface area contributed by atoms with Crippen LogP contribution in [0.3, 0.4) is 0 Å². The van der Waals surface area contributed by atoms with Crippen LogP contribution in [0, 0.1) is 6.92 Å². The molecule has 6 nitrogen and oxygen atoms in total. The van der Waals surface area contributed by atoms with Gasteiger partial charge in [-0.1, -0.05) is 0 Å². The molecule has 0 aliphatic carbocycles. The van der Waals surface area contributed by atoms with Gasteiger partial charge >= 0.3 is 5.69 Å². The van der Waals surface area contributed by atoms with Crippen LogP contribution >= 0.6 is 0 Å². The number of aryl methyl sites for hydroxylation is 2. The van der Waals surface area contributed by atoms with Gasteiger partial charge in [0.25, 0.3) is 5.56 Å². The van der Waals surface area contributed by atoms with E-state index in [2.05, 4.69) is 0 Å². The monoisotopic (exact) mass is 222 g/mol. The van der Waals surface area contributed by atoms with Crippen molar-refractivity contribution in [3.05, 3.63) is 42.9 Å². The lowest BCUT2D eigenvalue weighted by atomic mass is 10.3. The molecule has 0 spiro atoms. The Bertz CT molecular complexity index is 748. The van der Waals surface area contributed by atoms with Gasteiger partial charge in [-0.3, -0.25) is 18.7 Å². The van der Waals surface area contributed by atoms with Crippen molar-refractivity contribution < 1.29 is 4.42 Å². The molecular formula is C10H10N2O4. The number of fused-ring (bicyclic) bond motifs is 1. The lowest BCUT2D eigenvalue weighted by Crippen LogP contribution is -2.38. The standard InChI is InChI=1S/C10H10N2O4/c1-5-4-6(13)7-8(14)11(2)10(15)12(3)9(7)16-5/h4H,1-3H3. The van der Waals surface area contributed by atoms with E-state index in [0.29, 0.717) is 5.76 Å². The summed E-state index contributed by atoms with van der Waals surface area (Å²) in [4.78, 5) is 35.0. The van der Waals surface area contributed by atoms with Gasteiger partial charge in [0, 0.05) is 20.2 Å². The van der Waals surface area contributed by atoms with E-state index in [-0.39, 0.29) is 11.1 Å². The predicted molar refractivity (Wildman–Crippen MR) is 57.7 cm³/mol. The Morgan fingerprint density at radius 3 is 2.38 bits per heavy atom. The molecule has 16 heavy (non-hydrogen) atoms. The summed E-state index contributed by atoms with van der Waals surface area (Å²) in [6.07, 6.45) is 0. The summed E-state index contributed by atoms with van der Waals surface area (Å²) in [5.41, 5.74) is -1.58. The van der Waals surface area contributed by atoms with E-state index in [1.165, 1.54) is 20.2 Å². The summed E-state index contributed by atoms with van der Waals surface area (Å²) in [5.74, 6) is 0.362. The smallest absolute Gasteiger partial charge is 0.333 e. The van der Waals surface area contributed by atoms with Gasteiger partial charge in [-0.15, -0.1) is 0 Å². The lowest BCUT2D eigenvalue weighted by Gasteiger charge is -2.05. The summed E-state index contributed by atoms with van der Waals surface area (Å²) in [7, 11) is 2.77. The zero-order valence-electron chi connectivity index (χ0n) is 9.10. The summed E-state index contributed by atoms with van der Waals surface area (Å²) in [6, 6.07) is 1.23. The fourth-order valence-electron chi connectivity index (χ4n) is 1.59. The topological polar surface area (TPSA) is 74.2 Å². The minimum Gasteiger partial charge on any atom is -0.444 e. The summed E-state index contributed by atoms with van der Waals surface area (Å²) >= 11 is 0. The molecule has 6 heteroatoms. The molecule has 2 rings (SSSR count). The summed E-state index contributed by atoms with van der Waals surface area (Å²) in [6.45, 7) is 1.59. The average Bonchev–Trinajstić information content (AvgIpc) is 2.22. The van der Waals surface area contributed by atoms with Crippen LogP contribution in [0.1, 0.15) is 5.76 Å². The van der Waals surface area contributed by atoms with Crippen LogP contribution < -0.4 is 16.7 Å². The van der Waals surface area contributed by atoms with Crippen LogP contribution in [0.2, 0.25) is 0 Å². The van der Waals surface area contributed by atoms with Gasteiger partial charge in [0.05, 0.1) is 0 Å². The molecule has 0 aliphatic rings. The largest absolute Gasteiger partial charge is 0.444 e. The Hall–Kier alpha value is -2.11. The number of aromatic nitrogens is 2. The van der Waals surface area contributed by atoms with Crippen molar-refractivity contribution in [1.82, 2.24) is 9.13 Å². The molecule has 0 aliphatic heterocycles. The van der Waals surface area contributed by atoms with Gasteiger partial charge in [0.2, 0.25) is 5.71 Å². The molecule has 0 N–H and O–H groups in total. The highest BCUT2D eigenvalue weighted by molar-refractivity contribution is 5.71. The first-order chi connectivity index (χ1) is 7.43. The van der Waals surface area contributed by atoms with Crippen molar-refractivity contribution in [3.8, 4) is 0 Å². The van der Waals surface area contributed by atoms with E-state index in [4.69, 9.17) is 4.42 Å². The Labute approximate surface area is 89.4 Å². The number of hydrogen-bond acceptors (Lipinski definition) is 4. The highest BCUT2D eigenvalue weighted by Crippen LogP contribution is 2.04. The third-order valence-electron chi connectivity index (χ3n) is 2.45. The molecule has 2 aromatic heterocycles. The quantitative estimate of drug-likeness (QED) is 0.602. The molecule has 84 valence electrons. The Balaban J connectivity index is 3.29. The second kappa shape index (κ2) is 3.19. The Kier molecular flexibility index (Phi) is 2.08. The molecular weight excluding hydrogens is 212 g/mol. The van der Waals surface area contributed by atoms with E-state index in [0.717, 1.165) is 9.13 Å². The SMILES string of the molecule is Cc1cc(=O)c2c(=O)n(C)c(=O)n(C)c2o1. The molecule has 0 aromatic carbocycles. The normalized spacial score (nSPS) is 10.9. The van der Waals surface area contributed by atoms with Gasteiger partial charge in [-0.2, -0.15) is 0 Å². The molecule has 2 heterocycles. The number of nitrogens with zero attached hydrogens (tertiary/aromatic N) is 2. The van der Waals surface area contributed by atoms with Crippen LogP contribution in [0.15, 0.2) is 24.9 Å². The molecule has 0 amide bonds. The second-order valence-corrected chi connectivity index (χ2v) is 3.61. The van der Waals surface area contributed by atoms with Crippen LogP contribution in [0.4, 0.5) is 0 Å². The molecule has 0 saturated heterocycles. The van der Waals surface area contributed by atoms with E-state index in [1.54, 1.807) is 6.92 Å². The summed E-state index contributed by atoms with van der Waals surface area (Å²) in [5, 5.41) is -0.102. The third kappa shape index (κ3) is 1.23. The Morgan fingerprint density at radius 2 is 1.75 bits per heavy atom. The Morgan fingerprint density at radius 1 is 1.12 bits per heavy atom. The van der Waals surface area contributed by atoms with Crippen molar-refractivity contribution in [2.45, 2.75) is 6.92 Å². The fourth-order valence-corrected chi connectivity index (χ4v) is 1.59. The van der Waals surface area contributed by atoms with Gasteiger partial charge in [-0.05, 0) is 6.92 Å². The first-order valence-electron chi connectivity index (χ1n) is 4.64. The van der Waals surface area contributed by atoms with Crippen molar-refractivity contribution in [2.24, 2.45) is 14.1 Å². The first kappa shape index (κ1) is 10.4. The van der Waals surface area contributed by atoms with Gasteiger partial charge in [0.1, 0.15) is 11.1 Å². The van der Waals surface area contributed by atoms with Gasteiger partial charge in [0.15, 0.2) is 5.43 Å². The minimum atomic E-state index is -0.633. The third-order valence-corrected chi connectivity index (χ3v) is 2.45. The van der Waals surface area contributed by atoms with E-state index in [1.807, 2.05) is 0 Å². The van der Waals surface area contributed by atoms with Crippen LogP contribution in [-0.2, 0) is 14.1 Å². The maximum absolute atomic E-state index is 11.7. The first-order valence-corrected chi connectivity index (χ1v) is 4.64. The fraction of sp³-hybridized carbons (Fsp3) is 0.300. The van der Waals surface area contributed by atoms with Crippen LogP contribution in [-0.4, -0.2) is 9.13 Å². The second-order valence-electron chi connectivity index (χ2n) is 3.61. The van der Waals surface area contributed by atoms with Gasteiger partial charge < -0.3 is 4.42 Å². The van der Waals surface area contributed by atoms with Crippen molar-refractivity contribution >= 4 is 11.1 Å². The van der Waals surface area contributed by atoms with E-state index < -0.39 is 16.7 Å². The predicted octanol–water partition coefficient (Wildman–Crippen LogP) is -0.501. The van der Waals surface area contributed by atoms with Crippen molar-refractivity contribution in [3.63, 3.8) is 0 Å². The molecule has 0 fully saturated rings. The molecule has 0 saturated carbocycles.